The van der Waals surface area contributed by atoms with E-state index in [0.29, 0.717) is 6.04 Å². The van der Waals surface area contributed by atoms with Crippen molar-refractivity contribution in [3.8, 4) is 0 Å². The Morgan fingerprint density at radius 1 is 1.44 bits per heavy atom. The summed E-state index contributed by atoms with van der Waals surface area (Å²) in [6.45, 7) is 8.88. The molecule has 3 heteroatoms. The summed E-state index contributed by atoms with van der Waals surface area (Å²) in [5.41, 5.74) is 0. The second-order valence-corrected chi connectivity index (χ2v) is 5.57. The van der Waals surface area contributed by atoms with Crippen molar-refractivity contribution in [1.29, 1.82) is 0 Å². The van der Waals surface area contributed by atoms with E-state index in [0.717, 1.165) is 31.3 Å². The van der Waals surface area contributed by atoms with Gasteiger partial charge < -0.3 is 9.88 Å². The third kappa shape index (κ3) is 2.94. The Balaban J connectivity index is 2.06. The number of hydrogen-bond acceptors (Lipinski definition) is 2. The monoisotopic (exact) mass is 249 g/mol. The van der Waals surface area contributed by atoms with E-state index < -0.39 is 0 Å². The standard InChI is InChI=1S/C15H27N3/c1-4-16-14(13-8-6-7-12(13)3)11-15-17-9-10-18(15)5-2/h9-10,12-14,16H,4-8,11H2,1-3H3. The Labute approximate surface area is 111 Å². The van der Waals surface area contributed by atoms with Crippen molar-refractivity contribution < 1.29 is 0 Å². The topological polar surface area (TPSA) is 29.9 Å². The summed E-state index contributed by atoms with van der Waals surface area (Å²) in [4.78, 5) is 4.53. The minimum atomic E-state index is 0.597. The fourth-order valence-corrected chi connectivity index (χ4v) is 3.42. The average molecular weight is 249 g/mol. The number of rotatable bonds is 6. The summed E-state index contributed by atoms with van der Waals surface area (Å²) in [6.07, 6.45) is 9.27. The second-order valence-electron chi connectivity index (χ2n) is 5.57. The molecule has 1 aromatic heterocycles. The van der Waals surface area contributed by atoms with E-state index in [2.05, 4.69) is 41.8 Å². The molecule has 3 nitrogen and oxygen atoms in total. The van der Waals surface area contributed by atoms with Crippen LogP contribution in [0.1, 0.15) is 45.9 Å². The van der Waals surface area contributed by atoms with Gasteiger partial charge in [0.25, 0.3) is 0 Å². The van der Waals surface area contributed by atoms with E-state index >= 15 is 0 Å². The van der Waals surface area contributed by atoms with E-state index in [1.165, 1.54) is 25.1 Å². The van der Waals surface area contributed by atoms with Crippen LogP contribution in [0.5, 0.6) is 0 Å². The quantitative estimate of drug-likeness (QED) is 0.840. The van der Waals surface area contributed by atoms with Gasteiger partial charge in [0.15, 0.2) is 0 Å². The van der Waals surface area contributed by atoms with Gasteiger partial charge in [0, 0.05) is 31.4 Å². The molecule has 3 unspecified atom stereocenters. The Morgan fingerprint density at radius 2 is 2.28 bits per heavy atom. The smallest absolute Gasteiger partial charge is 0.110 e. The van der Waals surface area contributed by atoms with Crippen LogP contribution in [0.4, 0.5) is 0 Å². The summed E-state index contributed by atoms with van der Waals surface area (Å²) in [5, 5.41) is 3.69. The van der Waals surface area contributed by atoms with Gasteiger partial charge in [0.1, 0.15) is 5.82 Å². The molecule has 1 N–H and O–H groups in total. The first kappa shape index (κ1) is 13.6. The molecule has 0 amide bonds. The van der Waals surface area contributed by atoms with Gasteiger partial charge in [-0.1, -0.05) is 26.7 Å². The summed E-state index contributed by atoms with van der Waals surface area (Å²) in [6, 6.07) is 0.597. The molecule has 1 fully saturated rings. The first-order valence-electron chi connectivity index (χ1n) is 7.49. The molecule has 1 aliphatic rings. The van der Waals surface area contributed by atoms with Gasteiger partial charge in [-0.3, -0.25) is 0 Å². The molecule has 2 rings (SSSR count). The van der Waals surface area contributed by atoms with Gasteiger partial charge >= 0.3 is 0 Å². The van der Waals surface area contributed by atoms with Crippen LogP contribution in [0.25, 0.3) is 0 Å². The molecule has 3 atom stereocenters. The summed E-state index contributed by atoms with van der Waals surface area (Å²) < 4.78 is 2.27. The summed E-state index contributed by atoms with van der Waals surface area (Å²) in [5.74, 6) is 2.92. The average Bonchev–Trinajstić information content (AvgIpc) is 2.97. The van der Waals surface area contributed by atoms with Crippen LogP contribution in [0.2, 0.25) is 0 Å². The number of nitrogens with one attached hydrogen (secondary N) is 1. The molecule has 0 saturated heterocycles. The number of imidazole rings is 1. The minimum Gasteiger partial charge on any atom is -0.335 e. The van der Waals surface area contributed by atoms with Crippen molar-refractivity contribution in [3.05, 3.63) is 18.2 Å². The molecule has 1 aromatic rings. The third-order valence-corrected chi connectivity index (χ3v) is 4.46. The zero-order valence-electron chi connectivity index (χ0n) is 12.0. The maximum atomic E-state index is 4.53. The number of aryl methyl sites for hydroxylation is 1. The highest BCUT2D eigenvalue weighted by molar-refractivity contribution is 4.98. The lowest BCUT2D eigenvalue weighted by Gasteiger charge is -2.27. The van der Waals surface area contributed by atoms with Crippen LogP contribution >= 0.6 is 0 Å². The Morgan fingerprint density at radius 3 is 2.89 bits per heavy atom. The van der Waals surface area contributed by atoms with Crippen molar-refractivity contribution in [1.82, 2.24) is 14.9 Å². The molecule has 0 aliphatic heterocycles. The van der Waals surface area contributed by atoms with Crippen LogP contribution in [-0.2, 0) is 13.0 Å². The summed E-state index contributed by atoms with van der Waals surface area (Å²) in [7, 11) is 0. The van der Waals surface area contributed by atoms with Gasteiger partial charge in [0.05, 0.1) is 0 Å². The maximum absolute atomic E-state index is 4.53. The SMILES string of the molecule is CCNC(Cc1nccn1CC)C1CCCC1C. The lowest BCUT2D eigenvalue weighted by molar-refractivity contribution is 0.293. The van der Waals surface area contributed by atoms with Crippen molar-refractivity contribution in [2.24, 2.45) is 11.8 Å². The van der Waals surface area contributed by atoms with Crippen LogP contribution < -0.4 is 5.32 Å². The molecule has 0 aromatic carbocycles. The molecule has 0 spiro atoms. The lowest BCUT2D eigenvalue weighted by Crippen LogP contribution is -2.39. The van der Waals surface area contributed by atoms with E-state index in [9.17, 15) is 0 Å². The van der Waals surface area contributed by atoms with E-state index in [4.69, 9.17) is 0 Å². The highest BCUT2D eigenvalue weighted by Gasteiger charge is 2.31. The van der Waals surface area contributed by atoms with E-state index in [-0.39, 0.29) is 0 Å². The minimum absolute atomic E-state index is 0.597. The first-order valence-corrected chi connectivity index (χ1v) is 7.49. The van der Waals surface area contributed by atoms with Crippen LogP contribution in [0.15, 0.2) is 12.4 Å². The van der Waals surface area contributed by atoms with Crippen LogP contribution in [0, 0.1) is 11.8 Å². The molecular formula is C15H27N3. The lowest BCUT2D eigenvalue weighted by atomic mass is 9.88. The van der Waals surface area contributed by atoms with Gasteiger partial charge in [-0.15, -0.1) is 0 Å². The largest absolute Gasteiger partial charge is 0.335 e. The molecule has 0 radical (unpaired) electrons. The third-order valence-electron chi connectivity index (χ3n) is 4.46. The summed E-state index contributed by atoms with van der Waals surface area (Å²) >= 11 is 0. The van der Waals surface area contributed by atoms with Crippen molar-refractivity contribution in [2.75, 3.05) is 6.54 Å². The van der Waals surface area contributed by atoms with Gasteiger partial charge in [-0.05, 0) is 31.7 Å². The van der Waals surface area contributed by atoms with E-state index in [1.54, 1.807) is 0 Å². The zero-order valence-corrected chi connectivity index (χ0v) is 12.0. The van der Waals surface area contributed by atoms with Crippen molar-refractivity contribution in [3.63, 3.8) is 0 Å². The Bertz CT molecular complexity index is 358. The first-order chi connectivity index (χ1) is 8.76. The number of aromatic nitrogens is 2. The van der Waals surface area contributed by atoms with Gasteiger partial charge in [-0.2, -0.15) is 0 Å². The molecule has 1 aliphatic carbocycles. The van der Waals surface area contributed by atoms with Gasteiger partial charge in [-0.25, -0.2) is 4.98 Å². The Kier molecular flexibility index (Phi) is 4.81. The highest BCUT2D eigenvalue weighted by Crippen LogP contribution is 2.34. The number of likely N-dealkylation sites (N-methyl/N-ethyl adjacent to an activating group) is 1. The number of hydrogen-bond donors (Lipinski definition) is 1. The van der Waals surface area contributed by atoms with Crippen molar-refractivity contribution >= 4 is 0 Å². The predicted octanol–water partition coefficient (Wildman–Crippen LogP) is 2.86. The molecule has 18 heavy (non-hydrogen) atoms. The van der Waals surface area contributed by atoms with Crippen LogP contribution in [0.3, 0.4) is 0 Å². The molecule has 0 bridgehead atoms. The van der Waals surface area contributed by atoms with E-state index in [1.807, 2.05) is 6.20 Å². The van der Waals surface area contributed by atoms with Crippen molar-refractivity contribution in [2.45, 2.75) is 59.0 Å². The Hall–Kier alpha value is -0.830. The normalized spacial score (nSPS) is 25.5. The fourth-order valence-electron chi connectivity index (χ4n) is 3.42. The van der Waals surface area contributed by atoms with Gasteiger partial charge in [0.2, 0.25) is 0 Å². The highest BCUT2D eigenvalue weighted by atomic mass is 15.1. The second kappa shape index (κ2) is 6.37. The maximum Gasteiger partial charge on any atom is 0.110 e. The predicted molar refractivity (Wildman–Crippen MR) is 75.6 cm³/mol. The molecular weight excluding hydrogens is 222 g/mol. The molecule has 1 heterocycles. The zero-order chi connectivity index (χ0) is 13.0. The molecule has 1 saturated carbocycles. The van der Waals surface area contributed by atoms with Crippen LogP contribution in [-0.4, -0.2) is 22.1 Å². The number of nitrogens with zero attached hydrogens (tertiary/aromatic N) is 2. The fraction of sp³-hybridized carbons (Fsp3) is 0.800. The molecule has 102 valence electrons.